The molecule has 146 valence electrons. The van der Waals surface area contributed by atoms with Gasteiger partial charge in [0, 0.05) is 36.5 Å². The molecule has 0 N–H and O–H groups in total. The number of carbonyl (C=O) groups is 2. The predicted octanol–water partition coefficient (Wildman–Crippen LogP) is 3.60. The first kappa shape index (κ1) is 19.5. The third-order valence-electron chi connectivity index (χ3n) is 5.11. The Hall–Kier alpha value is -3.22. The molecule has 1 fully saturated rings. The number of nitro groups is 1. The second kappa shape index (κ2) is 7.80. The van der Waals surface area contributed by atoms with E-state index in [1.54, 1.807) is 11.8 Å². The number of nitrogens with zero attached hydrogens (tertiary/aromatic N) is 3. The van der Waals surface area contributed by atoms with E-state index in [0.29, 0.717) is 24.6 Å². The minimum Gasteiger partial charge on any atom is -0.325 e. The van der Waals surface area contributed by atoms with Crippen LogP contribution < -0.4 is 4.90 Å². The van der Waals surface area contributed by atoms with Crippen LogP contribution in [0.2, 0.25) is 0 Å². The molecule has 1 saturated heterocycles. The summed E-state index contributed by atoms with van der Waals surface area (Å²) in [4.78, 5) is 39.1. The van der Waals surface area contributed by atoms with Gasteiger partial charge >= 0.3 is 0 Å². The lowest BCUT2D eigenvalue weighted by Gasteiger charge is -2.39. The van der Waals surface area contributed by atoms with Gasteiger partial charge in [-0.2, -0.15) is 0 Å². The average Bonchev–Trinajstić information content (AvgIpc) is 2.69. The fourth-order valence-corrected chi connectivity index (χ4v) is 3.33. The second-order valence-electron chi connectivity index (χ2n) is 7.21. The van der Waals surface area contributed by atoms with Crippen LogP contribution in [0.15, 0.2) is 48.5 Å². The number of benzene rings is 2. The first-order valence-corrected chi connectivity index (χ1v) is 9.26. The topological polar surface area (TPSA) is 83.8 Å². The van der Waals surface area contributed by atoms with Crippen LogP contribution in [0.1, 0.15) is 42.6 Å². The van der Waals surface area contributed by atoms with Gasteiger partial charge in [0.2, 0.25) is 5.91 Å². The Bertz CT molecular complexity index is 891. The van der Waals surface area contributed by atoms with Crippen LogP contribution in [-0.4, -0.2) is 40.8 Å². The van der Waals surface area contributed by atoms with Crippen molar-refractivity contribution in [1.82, 2.24) is 4.90 Å². The van der Waals surface area contributed by atoms with Crippen LogP contribution in [0.4, 0.5) is 11.4 Å². The van der Waals surface area contributed by atoms with Crippen LogP contribution in [0.3, 0.4) is 0 Å². The number of non-ortho nitro benzene ring substituents is 1. The maximum atomic E-state index is 12.9. The first-order chi connectivity index (χ1) is 13.3. The zero-order chi connectivity index (χ0) is 20.4. The van der Waals surface area contributed by atoms with Crippen LogP contribution in [0.5, 0.6) is 0 Å². The Morgan fingerprint density at radius 1 is 1.07 bits per heavy atom. The molecule has 1 heterocycles. The van der Waals surface area contributed by atoms with Gasteiger partial charge < -0.3 is 9.80 Å². The van der Waals surface area contributed by atoms with Crippen molar-refractivity contribution in [3.63, 3.8) is 0 Å². The van der Waals surface area contributed by atoms with E-state index >= 15 is 0 Å². The SMILES string of the molecule is CC(C)c1ccc(N2CCN(C(=O)c3ccc([N+](=O)[O-])cc3)C(C)C2=O)cc1. The number of hydrogen-bond acceptors (Lipinski definition) is 4. The molecule has 1 atom stereocenters. The zero-order valence-corrected chi connectivity index (χ0v) is 16.2. The van der Waals surface area contributed by atoms with Crippen molar-refractivity contribution in [1.29, 1.82) is 0 Å². The number of rotatable bonds is 4. The maximum absolute atomic E-state index is 12.9. The van der Waals surface area contributed by atoms with E-state index in [1.165, 1.54) is 34.7 Å². The highest BCUT2D eigenvalue weighted by Crippen LogP contribution is 2.24. The van der Waals surface area contributed by atoms with Crippen molar-refractivity contribution in [2.45, 2.75) is 32.7 Å². The van der Waals surface area contributed by atoms with Gasteiger partial charge in [0.15, 0.2) is 0 Å². The first-order valence-electron chi connectivity index (χ1n) is 9.26. The van der Waals surface area contributed by atoms with E-state index in [2.05, 4.69) is 13.8 Å². The van der Waals surface area contributed by atoms with Gasteiger partial charge in [0.05, 0.1) is 4.92 Å². The van der Waals surface area contributed by atoms with Gasteiger partial charge in [-0.05, 0) is 42.7 Å². The summed E-state index contributed by atoms with van der Waals surface area (Å²) in [5, 5.41) is 10.8. The molecule has 1 aliphatic rings. The fraction of sp³-hybridized carbons (Fsp3) is 0.333. The fourth-order valence-electron chi connectivity index (χ4n) is 3.33. The molecule has 2 aromatic rings. The summed E-state index contributed by atoms with van der Waals surface area (Å²) in [5.74, 6) is -0.0239. The lowest BCUT2D eigenvalue weighted by molar-refractivity contribution is -0.384. The minimum absolute atomic E-state index is 0.0738. The van der Waals surface area contributed by atoms with Crippen molar-refractivity contribution in [2.24, 2.45) is 0 Å². The van der Waals surface area contributed by atoms with Gasteiger partial charge in [-0.1, -0.05) is 26.0 Å². The largest absolute Gasteiger partial charge is 0.325 e. The van der Waals surface area contributed by atoms with Crippen LogP contribution in [0, 0.1) is 10.1 Å². The molecule has 2 amide bonds. The molecule has 0 radical (unpaired) electrons. The predicted molar refractivity (Wildman–Crippen MR) is 106 cm³/mol. The van der Waals surface area contributed by atoms with Crippen molar-refractivity contribution >= 4 is 23.2 Å². The molecule has 7 heteroatoms. The van der Waals surface area contributed by atoms with Gasteiger partial charge in [-0.15, -0.1) is 0 Å². The Morgan fingerprint density at radius 2 is 1.68 bits per heavy atom. The van der Waals surface area contributed by atoms with Gasteiger partial charge in [-0.25, -0.2) is 0 Å². The van der Waals surface area contributed by atoms with E-state index in [-0.39, 0.29) is 17.5 Å². The van der Waals surface area contributed by atoms with E-state index in [1.807, 2.05) is 24.3 Å². The zero-order valence-electron chi connectivity index (χ0n) is 16.2. The smallest absolute Gasteiger partial charge is 0.269 e. The number of piperazine rings is 1. The average molecular weight is 381 g/mol. The van der Waals surface area contributed by atoms with Gasteiger partial charge in [0.25, 0.3) is 11.6 Å². The highest BCUT2D eigenvalue weighted by molar-refractivity contribution is 6.03. The molecule has 28 heavy (non-hydrogen) atoms. The summed E-state index contributed by atoms with van der Waals surface area (Å²) >= 11 is 0. The van der Waals surface area contributed by atoms with Crippen LogP contribution >= 0.6 is 0 Å². The molecule has 2 aromatic carbocycles. The second-order valence-corrected chi connectivity index (χ2v) is 7.21. The van der Waals surface area contributed by atoms with Crippen molar-refractivity contribution in [2.75, 3.05) is 18.0 Å². The highest BCUT2D eigenvalue weighted by Gasteiger charge is 2.35. The van der Waals surface area contributed by atoms with Crippen molar-refractivity contribution in [3.8, 4) is 0 Å². The molecule has 0 aliphatic carbocycles. The molecule has 1 unspecified atom stereocenters. The molecular formula is C21H23N3O4. The number of nitro benzene ring substituents is 1. The van der Waals surface area contributed by atoms with E-state index in [4.69, 9.17) is 0 Å². The van der Waals surface area contributed by atoms with Crippen LogP contribution in [0.25, 0.3) is 0 Å². The standard InChI is InChI=1S/C21H23N3O4/c1-14(2)16-4-8-18(9-5-16)23-13-12-22(15(3)20(23)25)21(26)17-6-10-19(11-7-17)24(27)28/h4-11,14-15H,12-13H2,1-3H3. The van der Waals surface area contributed by atoms with Crippen molar-refractivity contribution in [3.05, 3.63) is 69.8 Å². The summed E-state index contributed by atoms with van der Waals surface area (Å²) in [5.41, 5.74) is 2.29. The molecule has 0 bridgehead atoms. The Labute approximate surface area is 163 Å². The highest BCUT2D eigenvalue weighted by atomic mass is 16.6. The lowest BCUT2D eigenvalue weighted by atomic mass is 10.0. The number of anilines is 1. The molecular weight excluding hydrogens is 358 g/mol. The normalized spacial score (nSPS) is 17.1. The number of carbonyl (C=O) groups excluding carboxylic acids is 2. The Kier molecular flexibility index (Phi) is 5.44. The van der Waals surface area contributed by atoms with Gasteiger partial charge in [-0.3, -0.25) is 19.7 Å². The number of amides is 2. The lowest BCUT2D eigenvalue weighted by Crippen LogP contribution is -2.57. The van der Waals surface area contributed by atoms with E-state index < -0.39 is 11.0 Å². The summed E-state index contributed by atoms with van der Waals surface area (Å²) in [6, 6.07) is 12.8. The molecule has 0 aromatic heterocycles. The summed E-state index contributed by atoms with van der Waals surface area (Å²) in [6.45, 7) is 6.74. The monoisotopic (exact) mass is 381 g/mol. The summed E-state index contributed by atoms with van der Waals surface area (Å²) in [6.07, 6.45) is 0. The van der Waals surface area contributed by atoms with Crippen LogP contribution in [-0.2, 0) is 4.79 Å². The third kappa shape index (κ3) is 3.74. The number of hydrogen-bond donors (Lipinski definition) is 0. The van der Waals surface area contributed by atoms with Gasteiger partial charge in [0.1, 0.15) is 6.04 Å². The summed E-state index contributed by atoms with van der Waals surface area (Å²) in [7, 11) is 0. The molecule has 0 saturated carbocycles. The maximum Gasteiger partial charge on any atom is 0.269 e. The van der Waals surface area contributed by atoms with E-state index in [0.717, 1.165) is 5.69 Å². The quantitative estimate of drug-likeness (QED) is 0.598. The summed E-state index contributed by atoms with van der Waals surface area (Å²) < 4.78 is 0. The molecule has 3 rings (SSSR count). The molecule has 1 aliphatic heterocycles. The van der Waals surface area contributed by atoms with Crippen molar-refractivity contribution < 1.29 is 14.5 Å². The molecule has 7 nitrogen and oxygen atoms in total. The van der Waals surface area contributed by atoms with E-state index in [9.17, 15) is 19.7 Å². The third-order valence-corrected chi connectivity index (χ3v) is 5.11. The Balaban J connectivity index is 1.74. The molecule has 0 spiro atoms. The minimum atomic E-state index is -0.610. The Morgan fingerprint density at radius 3 is 2.21 bits per heavy atom.